The van der Waals surface area contributed by atoms with Crippen molar-refractivity contribution in [1.29, 1.82) is 0 Å². The van der Waals surface area contributed by atoms with Crippen LogP contribution in [-0.4, -0.2) is 16.2 Å². The number of rotatable bonds is 4. The average molecular weight is 253 g/mol. The minimum atomic E-state index is 0.482. The molecule has 86 valence electrons. The molecule has 2 rings (SSSR count). The summed E-state index contributed by atoms with van der Waals surface area (Å²) in [6, 6.07) is 0.482. The van der Waals surface area contributed by atoms with Crippen LogP contribution < -0.4 is 5.32 Å². The van der Waals surface area contributed by atoms with E-state index in [0.717, 1.165) is 16.6 Å². The quantitative estimate of drug-likeness (QED) is 0.910. The van der Waals surface area contributed by atoms with E-state index in [1.165, 1.54) is 11.1 Å². The van der Waals surface area contributed by atoms with Crippen LogP contribution in [-0.2, 0) is 6.54 Å². The number of hydrogen-bond donors (Lipinski definition) is 1. The van der Waals surface area contributed by atoms with E-state index in [2.05, 4.69) is 47.0 Å². The first-order valence-corrected chi connectivity index (χ1v) is 7.01. The SMILES string of the molecule is Cc1cscc1-c1nnc(CNC(C)C)s1. The van der Waals surface area contributed by atoms with Crippen molar-refractivity contribution < 1.29 is 0 Å². The van der Waals surface area contributed by atoms with Crippen LogP contribution in [0.2, 0.25) is 0 Å². The zero-order chi connectivity index (χ0) is 11.5. The molecule has 2 aromatic heterocycles. The van der Waals surface area contributed by atoms with Crippen molar-refractivity contribution in [2.24, 2.45) is 0 Å². The first-order chi connectivity index (χ1) is 7.66. The van der Waals surface area contributed by atoms with Crippen molar-refractivity contribution in [1.82, 2.24) is 15.5 Å². The smallest absolute Gasteiger partial charge is 0.148 e. The summed E-state index contributed by atoms with van der Waals surface area (Å²) in [4.78, 5) is 0. The van der Waals surface area contributed by atoms with E-state index in [-0.39, 0.29) is 0 Å². The molecule has 0 fully saturated rings. The third kappa shape index (κ3) is 2.66. The molecule has 0 saturated carbocycles. The van der Waals surface area contributed by atoms with Gasteiger partial charge in [-0.1, -0.05) is 25.2 Å². The summed E-state index contributed by atoms with van der Waals surface area (Å²) in [6.07, 6.45) is 0. The fourth-order valence-corrected chi connectivity index (χ4v) is 3.08. The Kier molecular flexibility index (Phi) is 3.68. The molecule has 0 unspecified atom stereocenters. The van der Waals surface area contributed by atoms with Crippen molar-refractivity contribution in [3.8, 4) is 10.6 Å². The summed E-state index contributed by atoms with van der Waals surface area (Å²) in [6.45, 7) is 7.17. The zero-order valence-corrected chi connectivity index (χ0v) is 11.3. The lowest BCUT2D eigenvalue weighted by Gasteiger charge is -2.03. The molecule has 0 bridgehead atoms. The molecule has 0 aliphatic carbocycles. The fraction of sp³-hybridized carbons (Fsp3) is 0.455. The van der Waals surface area contributed by atoms with E-state index >= 15 is 0 Å². The molecule has 0 amide bonds. The Hall–Kier alpha value is -0.780. The second kappa shape index (κ2) is 5.03. The Morgan fingerprint density at radius 2 is 2.12 bits per heavy atom. The summed E-state index contributed by atoms with van der Waals surface area (Å²) < 4.78 is 0. The Bertz CT molecular complexity index is 459. The van der Waals surface area contributed by atoms with Gasteiger partial charge in [-0.25, -0.2) is 0 Å². The van der Waals surface area contributed by atoms with Crippen LogP contribution in [0.4, 0.5) is 0 Å². The molecule has 0 aliphatic heterocycles. The van der Waals surface area contributed by atoms with Gasteiger partial charge in [0.15, 0.2) is 0 Å². The fourth-order valence-electron chi connectivity index (χ4n) is 1.30. The van der Waals surface area contributed by atoms with E-state index in [4.69, 9.17) is 0 Å². The molecular weight excluding hydrogens is 238 g/mol. The number of nitrogens with zero attached hydrogens (tertiary/aromatic N) is 2. The highest BCUT2D eigenvalue weighted by atomic mass is 32.1. The maximum atomic E-state index is 4.23. The van der Waals surface area contributed by atoms with Gasteiger partial charge in [0.1, 0.15) is 10.0 Å². The number of aryl methyl sites for hydroxylation is 1. The van der Waals surface area contributed by atoms with Gasteiger partial charge in [0, 0.05) is 23.5 Å². The Balaban J connectivity index is 2.11. The standard InChI is InChI=1S/C11H15N3S2/c1-7(2)12-4-10-13-14-11(16-10)9-6-15-5-8(9)3/h5-7,12H,4H2,1-3H3. The summed E-state index contributed by atoms with van der Waals surface area (Å²) in [7, 11) is 0. The van der Waals surface area contributed by atoms with E-state index in [1.54, 1.807) is 22.7 Å². The number of nitrogens with one attached hydrogen (secondary N) is 1. The summed E-state index contributed by atoms with van der Waals surface area (Å²) in [5.41, 5.74) is 2.50. The van der Waals surface area contributed by atoms with Gasteiger partial charge in [0.05, 0.1) is 0 Å². The van der Waals surface area contributed by atoms with Crippen molar-refractivity contribution in [2.75, 3.05) is 0 Å². The Morgan fingerprint density at radius 1 is 1.31 bits per heavy atom. The van der Waals surface area contributed by atoms with Crippen molar-refractivity contribution in [3.63, 3.8) is 0 Å². The number of aromatic nitrogens is 2. The maximum absolute atomic E-state index is 4.23. The predicted molar refractivity (Wildman–Crippen MR) is 69.9 cm³/mol. The third-order valence-corrected chi connectivity index (χ3v) is 4.03. The van der Waals surface area contributed by atoms with E-state index in [1.807, 2.05) is 0 Å². The summed E-state index contributed by atoms with van der Waals surface area (Å²) in [5.74, 6) is 0. The molecule has 2 aromatic rings. The molecule has 0 atom stereocenters. The lowest BCUT2D eigenvalue weighted by molar-refractivity contribution is 0.585. The molecule has 2 heterocycles. The molecule has 3 nitrogen and oxygen atoms in total. The number of hydrogen-bond acceptors (Lipinski definition) is 5. The molecule has 16 heavy (non-hydrogen) atoms. The monoisotopic (exact) mass is 253 g/mol. The van der Waals surface area contributed by atoms with Crippen LogP contribution in [0.15, 0.2) is 10.8 Å². The highest BCUT2D eigenvalue weighted by Gasteiger charge is 2.09. The van der Waals surface area contributed by atoms with Gasteiger partial charge < -0.3 is 5.32 Å². The molecule has 0 saturated heterocycles. The first kappa shape index (κ1) is 11.7. The van der Waals surface area contributed by atoms with Gasteiger partial charge >= 0.3 is 0 Å². The van der Waals surface area contributed by atoms with Crippen LogP contribution in [0.25, 0.3) is 10.6 Å². The molecule has 1 N–H and O–H groups in total. The molecule has 0 spiro atoms. The van der Waals surface area contributed by atoms with Gasteiger partial charge in [-0.15, -0.1) is 10.2 Å². The number of thiophene rings is 1. The third-order valence-electron chi connectivity index (χ3n) is 2.21. The topological polar surface area (TPSA) is 37.8 Å². The Labute approximate surface area is 104 Å². The largest absolute Gasteiger partial charge is 0.308 e. The minimum Gasteiger partial charge on any atom is -0.308 e. The first-order valence-electron chi connectivity index (χ1n) is 5.25. The Morgan fingerprint density at radius 3 is 2.75 bits per heavy atom. The van der Waals surface area contributed by atoms with E-state index in [0.29, 0.717) is 6.04 Å². The van der Waals surface area contributed by atoms with Crippen LogP contribution >= 0.6 is 22.7 Å². The maximum Gasteiger partial charge on any atom is 0.148 e. The second-order valence-corrected chi connectivity index (χ2v) is 5.81. The molecule has 5 heteroatoms. The summed E-state index contributed by atoms with van der Waals surface area (Å²) >= 11 is 3.38. The van der Waals surface area contributed by atoms with Gasteiger partial charge in [-0.05, 0) is 17.9 Å². The molecule has 0 aliphatic rings. The average Bonchev–Trinajstić information content (AvgIpc) is 2.83. The van der Waals surface area contributed by atoms with Gasteiger partial charge in [-0.2, -0.15) is 11.3 Å². The van der Waals surface area contributed by atoms with Gasteiger partial charge in [0.2, 0.25) is 0 Å². The van der Waals surface area contributed by atoms with E-state index in [9.17, 15) is 0 Å². The van der Waals surface area contributed by atoms with Gasteiger partial charge in [-0.3, -0.25) is 0 Å². The minimum absolute atomic E-state index is 0.482. The van der Waals surface area contributed by atoms with E-state index < -0.39 is 0 Å². The highest BCUT2D eigenvalue weighted by molar-refractivity contribution is 7.15. The summed E-state index contributed by atoms with van der Waals surface area (Å²) in [5, 5.41) is 18.1. The normalized spacial score (nSPS) is 11.2. The lowest BCUT2D eigenvalue weighted by Crippen LogP contribution is -2.21. The van der Waals surface area contributed by atoms with Crippen LogP contribution in [0.5, 0.6) is 0 Å². The molecule has 0 radical (unpaired) electrons. The van der Waals surface area contributed by atoms with Crippen molar-refractivity contribution in [2.45, 2.75) is 33.4 Å². The van der Waals surface area contributed by atoms with Gasteiger partial charge in [0.25, 0.3) is 0 Å². The molecule has 0 aromatic carbocycles. The van der Waals surface area contributed by atoms with Crippen LogP contribution in [0, 0.1) is 6.92 Å². The van der Waals surface area contributed by atoms with Crippen LogP contribution in [0.1, 0.15) is 24.4 Å². The second-order valence-electron chi connectivity index (χ2n) is 4.01. The zero-order valence-electron chi connectivity index (χ0n) is 9.65. The molecular formula is C11H15N3S2. The highest BCUT2D eigenvalue weighted by Crippen LogP contribution is 2.29. The lowest BCUT2D eigenvalue weighted by atomic mass is 10.2. The van der Waals surface area contributed by atoms with Crippen molar-refractivity contribution in [3.05, 3.63) is 21.3 Å². The van der Waals surface area contributed by atoms with Crippen LogP contribution in [0.3, 0.4) is 0 Å². The predicted octanol–water partition coefficient (Wildman–Crippen LogP) is 3.07. The van der Waals surface area contributed by atoms with Crippen molar-refractivity contribution >= 4 is 22.7 Å².